The summed E-state index contributed by atoms with van der Waals surface area (Å²) >= 11 is 4.85. The van der Waals surface area contributed by atoms with E-state index in [-0.39, 0.29) is 0 Å². The predicted octanol–water partition coefficient (Wildman–Crippen LogP) is 0.250. The molecule has 20 heavy (non-hydrogen) atoms. The number of thiocarbonyl (C=S) groups is 1. The predicted molar refractivity (Wildman–Crippen MR) is 79.1 cm³/mol. The van der Waals surface area contributed by atoms with Crippen molar-refractivity contribution in [2.45, 2.75) is 6.54 Å². The summed E-state index contributed by atoms with van der Waals surface area (Å²) in [5.74, 6) is 0.655. The molecule has 0 spiro atoms. The lowest BCUT2D eigenvalue weighted by molar-refractivity contribution is 0.295. The molecule has 2 rings (SSSR count). The fourth-order valence-electron chi connectivity index (χ4n) is 1.60. The summed E-state index contributed by atoms with van der Waals surface area (Å²) in [5.41, 5.74) is 5.39. The van der Waals surface area contributed by atoms with E-state index in [1.807, 2.05) is 0 Å². The van der Waals surface area contributed by atoms with Gasteiger partial charge in [-0.2, -0.15) is 0 Å². The third kappa shape index (κ3) is 3.55. The van der Waals surface area contributed by atoms with Gasteiger partial charge in [0.15, 0.2) is 0 Å². The van der Waals surface area contributed by atoms with E-state index >= 15 is 0 Å². The highest BCUT2D eigenvalue weighted by atomic mass is 32.1. The number of hydrogen-bond donors (Lipinski definition) is 2. The summed E-state index contributed by atoms with van der Waals surface area (Å²) < 4.78 is 6.86. The van der Waals surface area contributed by atoms with Crippen molar-refractivity contribution in [1.29, 1.82) is 0 Å². The molecule has 6 nitrogen and oxygen atoms in total. The fourth-order valence-corrected chi connectivity index (χ4v) is 1.73. The van der Waals surface area contributed by atoms with Crippen LogP contribution in [0.15, 0.2) is 46.1 Å². The molecule has 0 bridgehead atoms. The first-order valence-corrected chi connectivity index (χ1v) is 6.29. The topological polar surface area (TPSA) is 90.1 Å². The Kier molecular flexibility index (Phi) is 4.31. The van der Waals surface area contributed by atoms with Gasteiger partial charge < -0.3 is 10.5 Å². The van der Waals surface area contributed by atoms with Crippen molar-refractivity contribution in [2.24, 2.45) is 5.73 Å². The van der Waals surface area contributed by atoms with Gasteiger partial charge >= 0.3 is 5.69 Å². The Balaban J connectivity index is 1.94. The number of aromatic amines is 1. The molecule has 1 heterocycles. The lowest BCUT2D eigenvalue weighted by Gasteiger charge is -2.08. The third-order valence-corrected chi connectivity index (χ3v) is 2.87. The van der Waals surface area contributed by atoms with Crippen molar-refractivity contribution in [3.63, 3.8) is 0 Å². The van der Waals surface area contributed by atoms with Gasteiger partial charge in [0, 0.05) is 17.8 Å². The number of hydrogen-bond acceptors (Lipinski definition) is 4. The molecule has 0 amide bonds. The number of nitrogens with two attached hydrogens (primary N) is 1. The van der Waals surface area contributed by atoms with Crippen LogP contribution in [0.4, 0.5) is 0 Å². The Hall–Kier alpha value is -2.41. The van der Waals surface area contributed by atoms with Crippen LogP contribution in [0.2, 0.25) is 0 Å². The zero-order valence-corrected chi connectivity index (χ0v) is 11.4. The molecule has 3 N–H and O–H groups in total. The minimum Gasteiger partial charge on any atom is -0.492 e. The zero-order chi connectivity index (χ0) is 14.5. The van der Waals surface area contributed by atoms with Gasteiger partial charge in [-0.05, 0) is 24.3 Å². The number of benzene rings is 1. The molecule has 0 aliphatic heterocycles. The van der Waals surface area contributed by atoms with Crippen molar-refractivity contribution in [3.8, 4) is 5.75 Å². The maximum atomic E-state index is 11.4. The van der Waals surface area contributed by atoms with Gasteiger partial charge in [0.2, 0.25) is 0 Å². The van der Waals surface area contributed by atoms with Crippen molar-refractivity contribution in [1.82, 2.24) is 9.55 Å². The van der Waals surface area contributed by atoms with Crippen molar-refractivity contribution >= 4 is 17.2 Å². The molecule has 0 aliphatic carbocycles. The number of rotatable bonds is 5. The highest BCUT2D eigenvalue weighted by molar-refractivity contribution is 7.80. The van der Waals surface area contributed by atoms with E-state index in [1.165, 1.54) is 16.8 Å². The van der Waals surface area contributed by atoms with Gasteiger partial charge in [0.05, 0.1) is 6.54 Å². The van der Waals surface area contributed by atoms with Gasteiger partial charge in [-0.3, -0.25) is 14.3 Å². The van der Waals surface area contributed by atoms with Crippen molar-refractivity contribution in [3.05, 3.63) is 62.9 Å². The zero-order valence-electron chi connectivity index (χ0n) is 10.5. The maximum absolute atomic E-state index is 11.4. The minimum atomic E-state index is -0.454. The Morgan fingerprint density at radius 3 is 2.55 bits per heavy atom. The van der Waals surface area contributed by atoms with E-state index in [2.05, 4.69) is 4.98 Å². The van der Waals surface area contributed by atoms with Crippen molar-refractivity contribution in [2.75, 3.05) is 6.61 Å². The van der Waals surface area contributed by atoms with Crippen LogP contribution in [0, 0.1) is 0 Å². The number of aromatic nitrogens is 2. The quantitative estimate of drug-likeness (QED) is 0.771. The fraction of sp³-hybridized carbons (Fsp3) is 0.154. The second-order valence-corrected chi connectivity index (χ2v) is 4.48. The molecule has 0 radical (unpaired) electrons. The Morgan fingerprint density at radius 1 is 1.25 bits per heavy atom. The van der Waals surface area contributed by atoms with Crippen molar-refractivity contribution < 1.29 is 4.74 Å². The van der Waals surface area contributed by atoms with Gasteiger partial charge in [-0.15, -0.1) is 0 Å². The Morgan fingerprint density at radius 2 is 1.95 bits per heavy atom. The summed E-state index contributed by atoms with van der Waals surface area (Å²) in [6.07, 6.45) is 1.43. The second kappa shape index (κ2) is 6.16. The van der Waals surface area contributed by atoms with Gasteiger partial charge in [-0.25, -0.2) is 4.79 Å². The summed E-state index contributed by atoms with van der Waals surface area (Å²) in [5, 5.41) is 0. The normalized spacial score (nSPS) is 10.2. The third-order valence-electron chi connectivity index (χ3n) is 2.64. The maximum Gasteiger partial charge on any atom is 0.328 e. The first kappa shape index (κ1) is 14.0. The average Bonchev–Trinajstić information content (AvgIpc) is 2.42. The standard InChI is InChI=1S/C13H13N3O3S/c14-12(20)9-1-3-10(4-2-9)19-8-7-16-6-5-11(17)15-13(16)18/h1-6H,7-8H2,(H2,14,20)(H,15,17,18). The smallest absolute Gasteiger partial charge is 0.328 e. The summed E-state index contributed by atoms with van der Waals surface area (Å²) in [7, 11) is 0. The van der Waals surface area contributed by atoms with Crippen LogP contribution in [0.1, 0.15) is 5.56 Å². The van der Waals surface area contributed by atoms with E-state index in [9.17, 15) is 9.59 Å². The van der Waals surface area contributed by atoms with Crippen LogP contribution in [-0.2, 0) is 6.54 Å². The molecule has 1 aromatic heterocycles. The Bertz CT molecular complexity index is 719. The first-order chi connectivity index (χ1) is 9.56. The van der Waals surface area contributed by atoms with Gasteiger partial charge in [0.25, 0.3) is 5.56 Å². The molecule has 1 aromatic carbocycles. The molecule has 0 atom stereocenters. The molecule has 0 aliphatic rings. The lowest BCUT2D eigenvalue weighted by atomic mass is 10.2. The molecule has 0 unspecified atom stereocenters. The van der Waals surface area contributed by atoms with E-state index < -0.39 is 11.2 Å². The van der Waals surface area contributed by atoms with E-state index in [0.717, 1.165) is 5.56 Å². The van der Waals surface area contributed by atoms with Crippen LogP contribution in [0.3, 0.4) is 0 Å². The van der Waals surface area contributed by atoms with Gasteiger partial charge in [0.1, 0.15) is 17.3 Å². The van der Waals surface area contributed by atoms with Gasteiger partial charge in [-0.1, -0.05) is 12.2 Å². The summed E-state index contributed by atoms with van der Waals surface area (Å²) in [4.78, 5) is 24.8. The lowest BCUT2D eigenvalue weighted by Crippen LogP contribution is -2.30. The van der Waals surface area contributed by atoms with Crippen LogP contribution >= 0.6 is 12.2 Å². The molecule has 104 valence electrons. The van der Waals surface area contributed by atoms with Crippen LogP contribution in [0.25, 0.3) is 0 Å². The summed E-state index contributed by atoms with van der Waals surface area (Å²) in [6.45, 7) is 0.644. The average molecular weight is 291 g/mol. The molecule has 2 aromatic rings. The number of nitrogens with zero attached hydrogens (tertiary/aromatic N) is 1. The molecule has 0 saturated carbocycles. The van der Waals surface area contributed by atoms with E-state index in [0.29, 0.717) is 23.9 Å². The minimum absolute atomic E-state index is 0.304. The van der Waals surface area contributed by atoms with E-state index in [4.69, 9.17) is 22.7 Å². The SMILES string of the molecule is NC(=S)c1ccc(OCCn2ccc(=O)[nH]c2=O)cc1. The second-order valence-electron chi connectivity index (χ2n) is 4.04. The largest absolute Gasteiger partial charge is 0.492 e. The van der Waals surface area contributed by atoms with Crippen LogP contribution in [-0.4, -0.2) is 21.1 Å². The Labute approximate surface area is 119 Å². The number of nitrogens with one attached hydrogen (secondary N) is 1. The monoisotopic (exact) mass is 291 g/mol. The highest BCUT2D eigenvalue weighted by Gasteiger charge is 1.99. The van der Waals surface area contributed by atoms with E-state index in [1.54, 1.807) is 24.3 Å². The number of ether oxygens (including phenoxy) is 1. The highest BCUT2D eigenvalue weighted by Crippen LogP contribution is 2.11. The van der Waals surface area contributed by atoms with Crippen LogP contribution < -0.4 is 21.7 Å². The molecule has 0 saturated heterocycles. The summed E-state index contributed by atoms with van der Waals surface area (Å²) in [6, 6.07) is 8.33. The first-order valence-electron chi connectivity index (χ1n) is 5.89. The van der Waals surface area contributed by atoms with Crippen LogP contribution in [0.5, 0.6) is 5.75 Å². The molecule has 7 heteroatoms. The molecular weight excluding hydrogens is 278 g/mol. The molecule has 0 fully saturated rings. The molecular formula is C13H13N3O3S. The number of H-pyrrole nitrogens is 1.